The summed E-state index contributed by atoms with van der Waals surface area (Å²) in [6, 6.07) is 13.5. The first kappa shape index (κ1) is 14.6. The zero-order chi connectivity index (χ0) is 14.8. The van der Waals surface area contributed by atoms with Gasteiger partial charge >= 0.3 is 0 Å². The van der Waals surface area contributed by atoms with Gasteiger partial charge in [-0.15, -0.1) is 0 Å². The normalized spacial score (nSPS) is 11.1. The van der Waals surface area contributed by atoms with Crippen molar-refractivity contribution in [2.45, 2.75) is 11.8 Å². The Hall–Kier alpha value is -1.85. The first-order chi connectivity index (χ1) is 9.36. The van der Waals surface area contributed by atoms with Gasteiger partial charge in [-0.05, 0) is 35.4 Å². The Bertz CT molecular complexity index is 722. The van der Waals surface area contributed by atoms with Crippen molar-refractivity contribution in [3.05, 3.63) is 48.5 Å². The molecule has 4 nitrogen and oxygen atoms in total. The zero-order valence-electron chi connectivity index (χ0n) is 10.6. The molecule has 2 aromatic rings. The standard InChI is InChI=1S/C14H12ClNO3S/c1-10(17)16-13-6-2-11(3-7-13)12-4-8-14(9-5-12)20(15,18)19/h2-9H,1H3,(H,16,17). The molecule has 0 aliphatic rings. The highest BCUT2D eigenvalue weighted by Crippen LogP contribution is 2.24. The minimum Gasteiger partial charge on any atom is -0.326 e. The van der Waals surface area contributed by atoms with E-state index >= 15 is 0 Å². The minimum atomic E-state index is -3.70. The Morgan fingerprint density at radius 2 is 1.40 bits per heavy atom. The molecule has 0 heterocycles. The zero-order valence-corrected chi connectivity index (χ0v) is 12.2. The van der Waals surface area contributed by atoms with Gasteiger partial charge in [0.15, 0.2) is 0 Å². The van der Waals surface area contributed by atoms with Crippen LogP contribution in [0.4, 0.5) is 5.69 Å². The monoisotopic (exact) mass is 309 g/mol. The van der Waals surface area contributed by atoms with Gasteiger partial charge in [-0.3, -0.25) is 4.79 Å². The Balaban J connectivity index is 2.26. The van der Waals surface area contributed by atoms with Crippen LogP contribution >= 0.6 is 10.7 Å². The van der Waals surface area contributed by atoms with Crippen LogP contribution in [-0.2, 0) is 13.8 Å². The molecule has 0 unspecified atom stereocenters. The van der Waals surface area contributed by atoms with Crippen LogP contribution in [0.15, 0.2) is 53.4 Å². The number of rotatable bonds is 3. The van der Waals surface area contributed by atoms with Crippen LogP contribution in [-0.4, -0.2) is 14.3 Å². The second kappa shape index (κ2) is 5.64. The maximum atomic E-state index is 11.2. The topological polar surface area (TPSA) is 63.2 Å². The van der Waals surface area contributed by atoms with E-state index < -0.39 is 9.05 Å². The van der Waals surface area contributed by atoms with E-state index in [4.69, 9.17) is 10.7 Å². The van der Waals surface area contributed by atoms with Crippen molar-refractivity contribution in [3.63, 3.8) is 0 Å². The lowest BCUT2D eigenvalue weighted by molar-refractivity contribution is -0.114. The first-order valence-corrected chi connectivity index (χ1v) is 8.10. The SMILES string of the molecule is CC(=O)Nc1ccc(-c2ccc(S(=O)(=O)Cl)cc2)cc1. The smallest absolute Gasteiger partial charge is 0.261 e. The Kier molecular flexibility index (Phi) is 4.11. The van der Waals surface area contributed by atoms with Crippen molar-refractivity contribution >= 4 is 31.3 Å². The van der Waals surface area contributed by atoms with E-state index in [-0.39, 0.29) is 10.8 Å². The third-order valence-electron chi connectivity index (χ3n) is 2.67. The number of hydrogen-bond donors (Lipinski definition) is 1. The number of amides is 1. The lowest BCUT2D eigenvalue weighted by atomic mass is 10.1. The third-order valence-corrected chi connectivity index (χ3v) is 4.04. The van der Waals surface area contributed by atoms with Gasteiger partial charge in [0.05, 0.1) is 4.90 Å². The van der Waals surface area contributed by atoms with Crippen LogP contribution in [0.2, 0.25) is 0 Å². The fourth-order valence-electron chi connectivity index (χ4n) is 1.76. The van der Waals surface area contributed by atoms with E-state index in [1.807, 2.05) is 12.1 Å². The largest absolute Gasteiger partial charge is 0.326 e. The fraction of sp³-hybridized carbons (Fsp3) is 0.0714. The van der Waals surface area contributed by atoms with Crippen molar-refractivity contribution < 1.29 is 13.2 Å². The number of hydrogen-bond acceptors (Lipinski definition) is 3. The van der Waals surface area contributed by atoms with Gasteiger partial charge < -0.3 is 5.32 Å². The molecule has 104 valence electrons. The molecule has 0 aliphatic carbocycles. The second-order valence-corrected chi connectivity index (χ2v) is 6.79. The number of anilines is 1. The molecule has 0 spiro atoms. The van der Waals surface area contributed by atoms with Gasteiger partial charge in [0, 0.05) is 23.3 Å². The predicted molar refractivity (Wildman–Crippen MR) is 79.2 cm³/mol. The number of benzene rings is 2. The Morgan fingerprint density at radius 3 is 1.80 bits per heavy atom. The summed E-state index contributed by atoms with van der Waals surface area (Å²) in [6.45, 7) is 1.44. The maximum Gasteiger partial charge on any atom is 0.261 e. The van der Waals surface area contributed by atoms with Gasteiger partial charge in [-0.2, -0.15) is 0 Å². The van der Waals surface area contributed by atoms with Crippen molar-refractivity contribution in [3.8, 4) is 11.1 Å². The molecule has 2 aromatic carbocycles. The molecule has 0 radical (unpaired) electrons. The van der Waals surface area contributed by atoms with E-state index in [1.165, 1.54) is 19.1 Å². The van der Waals surface area contributed by atoms with Gasteiger partial charge in [0.1, 0.15) is 0 Å². The fourth-order valence-corrected chi connectivity index (χ4v) is 2.53. The number of carbonyl (C=O) groups is 1. The molecule has 1 amide bonds. The van der Waals surface area contributed by atoms with E-state index in [2.05, 4.69) is 5.32 Å². The molecule has 0 bridgehead atoms. The molecule has 6 heteroatoms. The Morgan fingerprint density at radius 1 is 0.950 bits per heavy atom. The van der Waals surface area contributed by atoms with Crippen LogP contribution in [0.1, 0.15) is 6.92 Å². The summed E-state index contributed by atoms with van der Waals surface area (Å²) in [5, 5.41) is 2.68. The number of nitrogens with one attached hydrogen (secondary N) is 1. The summed E-state index contributed by atoms with van der Waals surface area (Å²) in [6.07, 6.45) is 0. The molecule has 1 N–H and O–H groups in total. The lowest BCUT2D eigenvalue weighted by Gasteiger charge is -2.05. The molecule has 0 aliphatic heterocycles. The van der Waals surface area contributed by atoms with E-state index in [9.17, 15) is 13.2 Å². The highest BCUT2D eigenvalue weighted by molar-refractivity contribution is 8.13. The summed E-state index contributed by atoms with van der Waals surface area (Å²) >= 11 is 0. The molecular weight excluding hydrogens is 298 g/mol. The van der Waals surface area contributed by atoms with Crippen LogP contribution in [0, 0.1) is 0 Å². The molecular formula is C14H12ClNO3S. The van der Waals surface area contributed by atoms with Crippen molar-refractivity contribution in [2.75, 3.05) is 5.32 Å². The molecule has 0 saturated carbocycles. The predicted octanol–water partition coefficient (Wildman–Crippen LogP) is 3.24. The van der Waals surface area contributed by atoms with E-state index in [0.717, 1.165) is 11.1 Å². The van der Waals surface area contributed by atoms with Crippen LogP contribution < -0.4 is 5.32 Å². The highest BCUT2D eigenvalue weighted by atomic mass is 35.7. The van der Waals surface area contributed by atoms with E-state index in [0.29, 0.717) is 5.69 Å². The van der Waals surface area contributed by atoms with Crippen LogP contribution in [0.5, 0.6) is 0 Å². The summed E-state index contributed by atoms with van der Waals surface area (Å²) in [5.41, 5.74) is 2.49. The van der Waals surface area contributed by atoms with E-state index in [1.54, 1.807) is 24.3 Å². The summed E-state index contributed by atoms with van der Waals surface area (Å²) in [5.74, 6) is -0.130. The van der Waals surface area contributed by atoms with Gasteiger partial charge in [0.25, 0.3) is 9.05 Å². The second-order valence-electron chi connectivity index (χ2n) is 4.22. The molecule has 20 heavy (non-hydrogen) atoms. The van der Waals surface area contributed by atoms with Gasteiger partial charge in [0.2, 0.25) is 5.91 Å². The third kappa shape index (κ3) is 3.59. The summed E-state index contributed by atoms with van der Waals surface area (Å²) in [7, 11) is 1.56. The van der Waals surface area contributed by atoms with Gasteiger partial charge in [-0.1, -0.05) is 24.3 Å². The molecule has 0 atom stereocenters. The van der Waals surface area contributed by atoms with Gasteiger partial charge in [-0.25, -0.2) is 8.42 Å². The molecule has 2 rings (SSSR count). The summed E-state index contributed by atoms with van der Waals surface area (Å²) < 4.78 is 22.3. The molecule has 0 aromatic heterocycles. The van der Waals surface area contributed by atoms with Crippen molar-refractivity contribution in [1.82, 2.24) is 0 Å². The average Bonchev–Trinajstić information content (AvgIpc) is 2.38. The number of carbonyl (C=O) groups excluding carboxylic acids is 1. The van der Waals surface area contributed by atoms with Crippen molar-refractivity contribution in [2.24, 2.45) is 0 Å². The van der Waals surface area contributed by atoms with Crippen molar-refractivity contribution in [1.29, 1.82) is 0 Å². The maximum absolute atomic E-state index is 11.2. The first-order valence-electron chi connectivity index (χ1n) is 5.79. The minimum absolute atomic E-state index is 0.0674. The molecule has 0 saturated heterocycles. The average molecular weight is 310 g/mol. The summed E-state index contributed by atoms with van der Waals surface area (Å²) in [4.78, 5) is 11.0. The highest BCUT2D eigenvalue weighted by Gasteiger charge is 2.09. The molecule has 0 fully saturated rings. The quantitative estimate of drug-likeness (QED) is 0.885. The Labute approximate surface area is 121 Å². The van der Waals surface area contributed by atoms with Crippen LogP contribution in [0.3, 0.4) is 0 Å². The van der Waals surface area contributed by atoms with Crippen LogP contribution in [0.25, 0.3) is 11.1 Å². The number of halogens is 1. The lowest BCUT2D eigenvalue weighted by Crippen LogP contribution is -2.05.